The Morgan fingerprint density at radius 1 is 1.26 bits per heavy atom. The van der Waals surface area contributed by atoms with Crippen LogP contribution in [0.1, 0.15) is 65.7 Å². The van der Waals surface area contributed by atoms with E-state index in [1.54, 1.807) is 15.8 Å². The molecular formula is C18H32N6O3. The van der Waals surface area contributed by atoms with Crippen LogP contribution >= 0.6 is 0 Å². The van der Waals surface area contributed by atoms with E-state index >= 15 is 0 Å². The summed E-state index contributed by atoms with van der Waals surface area (Å²) in [5, 5.41) is 13.8. The summed E-state index contributed by atoms with van der Waals surface area (Å²) < 4.78 is 7.12. The third-order valence-electron chi connectivity index (χ3n) is 4.61. The van der Waals surface area contributed by atoms with E-state index in [9.17, 15) is 9.59 Å². The molecule has 9 nitrogen and oxygen atoms in total. The molecule has 0 bridgehead atoms. The van der Waals surface area contributed by atoms with Crippen LogP contribution in [0.3, 0.4) is 0 Å². The largest absolute Gasteiger partial charge is 0.444 e. The highest BCUT2D eigenvalue weighted by Gasteiger charge is 2.33. The quantitative estimate of drug-likeness (QED) is 0.835. The molecule has 0 unspecified atom stereocenters. The van der Waals surface area contributed by atoms with Gasteiger partial charge < -0.3 is 24.8 Å². The molecule has 2 heterocycles. The van der Waals surface area contributed by atoms with E-state index in [2.05, 4.69) is 20.8 Å². The molecule has 1 aliphatic heterocycles. The molecule has 1 aromatic heterocycles. The number of hydrogen-bond acceptors (Lipinski definition) is 5. The maximum atomic E-state index is 12.9. The maximum absolute atomic E-state index is 12.9. The highest BCUT2D eigenvalue weighted by molar-refractivity contribution is 5.75. The summed E-state index contributed by atoms with van der Waals surface area (Å²) in [6.07, 6.45) is 3.94. The van der Waals surface area contributed by atoms with Gasteiger partial charge in [-0.05, 0) is 53.9 Å². The monoisotopic (exact) mass is 380 g/mol. The first-order valence-electron chi connectivity index (χ1n) is 9.49. The summed E-state index contributed by atoms with van der Waals surface area (Å²) in [5.41, 5.74) is -0.557. The van der Waals surface area contributed by atoms with E-state index in [4.69, 9.17) is 4.74 Å². The third-order valence-corrected chi connectivity index (χ3v) is 4.61. The summed E-state index contributed by atoms with van der Waals surface area (Å²) in [4.78, 5) is 26.8. The number of rotatable bonds is 4. The second kappa shape index (κ2) is 8.58. The van der Waals surface area contributed by atoms with Gasteiger partial charge in [0, 0.05) is 19.6 Å². The van der Waals surface area contributed by atoms with Gasteiger partial charge in [-0.25, -0.2) is 9.59 Å². The van der Waals surface area contributed by atoms with Crippen molar-refractivity contribution in [3.63, 3.8) is 0 Å². The molecule has 2 N–H and O–H groups in total. The van der Waals surface area contributed by atoms with Crippen LogP contribution in [-0.2, 0) is 11.8 Å². The minimum atomic E-state index is -0.557. The molecule has 2 rings (SSSR count). The first kappa shape index (κ1) is 21.0. The van der Waals surface area contributed by atoms with Crippen LogP contribution in [0, 0.1) is 0 Å². The minimum absolute atomic E-state index is 0.0852. The maximum Gasteiger partial charge on any atom is 0.407 e. The van der Waals surface area contributed by atoms with Crippen molar-refractivity contribution in [1.29, 1.82) is 0 Å². The van der Waals surface area contributed by atoms with Gasteiger partial charge in [-0.2, -0.15) is 0 Å². The summed E-state index contributed by atoms with van der Waals surface area (Å²) in [7, 11) is 1.84. The topological polar surface area (TPSA) is 101 Å². The number of carbonyl (C=O) groups is 2. The minimum Gasteiger partial charge on any atom is -0.444 e. The molecule has 152 valence electrons. The molecule has 3 amide bonds. The number of aromatic nitrogens is 3. The Morgan fingerprint density at radius 3 is 2.56 bits per heavy atom. The second-order valence-corrected chi connectivity index (χ2v) is 8.16. The molecule has 3 atom stereocenters. The lowest BCUT2D eigenvalue weighted by Crippen LogP contribution is -2.57. The lowest BCUT2D eigenvalue weighted by atomic mass is 9.97. The molecule has 0 radical (unpaired) electrons. The first-order valence-corrected chi connectivity index (χ1v) is 9.49. The van der Waals surface area contributed by atoms with Crippen molar-refractivity contribution in [1.82, 2.24) is 30.3 Å². The first-order chi connectivity index (χ1) is 12.6. The van der Waals surface area contributed by atoms with E-state index in [0.717, 1.165) is 19.3 Å². The van der Waals surface area contributed by atoms with Crippen LogP contribution in [0.5, 0.6) is 0 Å². The molecule has 0 saturated carbocycles. The second-order valence-electron chi connectivity index (χ2n) is 8.16. The van der Waals surface area contributed by atoms with Crippen molar-refractivity contribution in [3.05, 3.63) is 12.2 Å². The number of piperidine rings is 1. The Labute approximate surface area is 160 Å². The lowest BCUT2D eigenvalue weighted by molar-refractivity contribution is 0.0461. The highest BCUT2D eigenvalue weighted by Crippen LogP contribution is 2.21. The van der Waals surface area contributed by atoms with Crippen LogP contribution < -0.4 is 10.6 Å². The Kier molecular flexibility index (Phi) is 6.67. The fourth-order valence-electron chi connectivity index (χ4n) is 3.34. The molecule has 1 saturated heterocycles. The SMILES string of the molecule is C[C@H](NC(=O)N1CCCC[C@@H]1[C@@H](C)NC(=O)OC(C)(C)C)c1nncn1C. The standard InChI is InChI=1S/C18H32N6O3/c1-12(21-17(26)27-18(3,4)5)14-9-7-8-10-24(14)16(25)20-13(2)15-22-19-11-23(15)6/h11-14H,7-10H2,1-6H3,(H,20,25)(H,21,26)/t12-,13+,14-/m1/s1. The van der Waals surface area contributed by atoms with E-state index in [1.165, 1.54) is 0 Å². The zero-order chi connectivity index (χ0) is 20.2. The van der Waals surface area contributed by atoms with Gasteiger partial charge in [0.1, 0.15) is 11.9 Å². The van der Waals surface area contributed by atoms with E-state index in [1.807, 2.05) is 41.7 Å². The molecule has 1 aromatic rings. The summed E-state index contributed by atoms with van der Waals surface area (Å²) >= 11 is 0. The number of amides is 3. The fraction of sp³-hybridized carbons (Fsp3) is 0.778. The smallest absolute Gasteiger partial charge is 0.407 e. The zero-order valence-corrected chi connectivity index (χ0v) is 17.2. The van der Waals surface area contributed by atoms with Crippen LogP contribution in [0.4, 0.5) is 9.59 Å². The van der Waals surface area contributed by atoms with E-state index in [0.29, 0.717) is 12.4 Å². The van der Waals surface area contributed by atoms with Crippen molar-refractivity contribution < 1.29 is 14.3 Å². The third kappa shape index (κ3) is 5.83. The number of aryl methyl sites for hydroxylation is 1. The van der Waals surface area contributed by atoms with Crippen molar-refractivity contribution >= 4 is 12.1 Å². The molecule has 0 aromatic carbocycles. The molecule has 0 aliphatic carbocycles. The Hall–Kier alpha value is -2.32. The number of ether oxygens (including phenoxy) is 1. The highest BCUT2D eigenvalue weighted by atomic mass is 16.6. The van der Waals surface area contributed by atoms with Gasteiger partial charge in [0.25, 0.3) is 0 Å². The van der Waals surface area contributed by atoms with Crippen LogP contribution in [0.2, 0.25) is 0 Å². The molecule has 1 aliphatic rings. The zero-order valence-electron chi connectivity index (χ0n) is 17.2. The number of hydrogen-bond donors (Lipinski definition) is 2. The average Bonchev–Trinajstić information content (AvgIpc) is 2.99. The van der Waals surface area contributed by atoms with Gasteiger partial charge in [0.05, 0.1) is 12.1 Å². The Bertz CT molecular complexity index is 654. The van der Waals surface area contributed by atoms with Gasteiger partial charge >= 0.3 is 12.1 Å². The van der Waals surface area contributed by atoms with E-state index in [-0.39, 0.29) is 24.2 Å². The number of urea groups is 1. The number of nitrogens with one attached hydrogen (secondary N) is 2. The number of likely N-dealkylation sites (tertiary alicyclic amines) is 1. The van der Waals surface area contributed by atoms with Crippen molar-refractivity contribution in [2.24, 2.45) is 7.05 Å². The molecule has 9 heteroatoms. The average molecular weight is 380 g/mol. The molecule has 0 spiro atoms. The van der Waals surface area contributed by atoms with Gasteiger partial charge in [0.2, 0.25) is 0 Å². The summed E-state index contributed by atoms with van der Waals surface area (Å²) in [6.45, 7) is 9.92. The number of carbonyl (C=O) groups excluding carboxylic acids is 2. The van der Waals surface area contributed by atoms with Crippen molar-refractivity contribution in [3.8, 4) is 0 Å². The normalized spacial score (nSPS) is 19.9. The van der Waals surface area contributed by atoms with Gasteiger partial charge in [0.15, 0.2) is 5.82 Å². The number of alkyl carbamates (subject to hydrolysis) is 1. The van der Waals surface area contributed by atoms with Crippen LogP contribution in [0.15, 0.2) is 6.33 Å². The number of nitrogens with zero attached hydrogens (tertiary/aromatic N) is 4. The van der Waals surface area contributed by atoms with Crippen molar-refractivity contribution in [2.75, 3.05) is 6.54 Å². The van der Waals surface area contributed by atoms with Crippen molar-refractivity contribution in [2.45, 2.75) is 77.6 Å². The lowest BCUT2D eigenvalue weighted by Gasteiger charge is -2.39. The summed E-state index contributed by atoms with van der Waals surface area (Å²) in [6, 6.07) is -0.719. The van der Waals surface area contributed by atoms with Gasteiger partial charge in [-0.15, -0.1) is 10.2 Å². The Morgan fingerprint density at radius 2 is 1.96 bits per heavy atom. The van der Waals surface area contributed by atoms with Gasteiger partial charge in [-0.1, -0.05) is 0 Å². The van der Waals surface area contributed by atoms with E-state index < -0.39 is 11.7 Å². The van der Waals surface area contributed by atoms with Gasteiger partial charge in [-0.3, -0.25) is 0 Å². The van der Waals surface area contributed by atoms with Crippen LogP contribution in [0.25, 0.3) is 0 Å². The molecule has 27 heavy (non-hydrogen) atoms. The van der Waals surface area contributed by atoms with Crippen LogP contribution in [-0.4, -0.2) is 56.0 Å². The predicted octanol–water partition coefficient (Wildman–Crippen LogP) is 2.35. The summed E-state index contributed by atoms with van der Waals surface area (Å²) in [5.74, 6) is 0.692. The Balaban J connectivity index is 1.99. The predicted molar refractivity (Wildman–Crippen MR) is 101 cm³/mol. The molecule has 1 fully saturated rings. The fourth-order valence-corrected chi connectivity index (χ4v) is 3.34. The molecular weight excluding hydrogens is 348 g/mol.